The van der Waals surface area contributed by atoms with Crippen molar-refractivity contribution in [3.8, 4) is 28.3 Å². The predicted molar refractivity (Wildman–Crippen MR) is 95.5 cm³/mol. The number of hydrogen-bond donors (Lipinski definition) is 3. The van der Waals surface area contributed by atoms with Gasteiger partial charge in [-0.25, -0.2) is 14.2 Å². The normalized spacial score (nSPS) is 11.0. The van der Waals surface area contributed by atoms with Gasteiger partial charge in [0.2, 0.25) is 0 Å². The van der Waals surface area contributed by atoms with Crippen LogP contribution in [0.3, 0.4) is 0 Å². The fourth-order valence-corrected chi connectivity index (χ4v) is 2.91. The van der Waals surface area contributed by atoms with Crippen LogP contribution in [0.2, 0.25) is 0 Å². The van der Waals surface area contributed by atoms with Gasteiger partial charge in [-0.2, -0.15) is 0 Å². The lowest BCUT2D eigenvalue weighted by atomic mass is 10.0. The summed E-state index contributed by atoms with van der Waals surface area (Å²) in [7, 11) is 0. The summed E-state index contributed by atoms with van der Waals surface area (Å²) in [5.74, 6) is -1.16. The first-order valence-corrected chi connectivity index (χ1v) is 7.84. The molecule has 0 radical (unpaired) electrons. The number of benzene rings is 3. The third-order valence-corrected chi connectivity index (χ3v) is 4.14. The highest BCUT2D eigenvalue weighted by molar-refractivity contribution is 6.02. The fourth-order valence-electron chi connectivity index (χ4n) is 2.91. The number of hydrogen-bond acceptors (Lipinski definition) is 3. The van der Waals surface area contributed by atoms with E-state index in [-0.39, 0.29) is 22.6 Å². The molecule has 0 aliphatic rings. The molecule has 3 aromatic carbocycles. The largest absolute Gasteiger partial charge is 0.508 e. The van der Waals surface area contributed by atoms with Crippen LogP contribution in [0.15, 0.2) is 60.7 Å². The quantitative estimate of drug-likeness (QED) is 0.511. The van der Waals surface area contributed by atoms with E-state index in [1.165, 1.54) is 12.1 Å². The van der Waals surface area contributed by atoms with E-state index in [0.29, 0.717) is 16.9 Å². The molecule has 128 valence electrons. The Morgan fingerprint density at radius 3 is 2.38 bits per heavy atom. The number of nitrogens with one attached hydrogen (secondary N) is 1. The number of rotatable bonds is 3. The van der Waals surface area contributed by atoms with Crippen molar-refractivity contribution in [1.29, 1.82) is 0 Å². The minimum Gasteiger partial charge on any atom is -0.508 e. The van der Waals surface area contributed by atoms with Gasteiger partial charge in [-0.15, -0.1) is 0 Å². The lowest BCUT2D eigenvalue weighted by Gasteiger charge is -2.04. The third-order valence-electron chi connectivity index (χ3n) is 4.14. The Morgan fingerprint density at radius 2 is 1.69 bits per heavy atom. The molecule has 6 heteroatoms. The standard InChI is InChI=1S/C20H13FN2O3/c21-16-4-2-1-3-14(16)11-5-7-12(8-6-11)19-22-17-10-13(24)9-15(20(25)26)18(17)23-19/h1-10,24H,(H,22,23)(H,25,26). The van der Waals surface area contributed by atoms with E-state index in [4.69, 9.17) is 0 Å². The minimum atomic E-state index is -1.17. The number of carboxylic acids is 1. The van der Waals surface area contributed by atoms with Crippen molar-refractivity contribution >= 4 is 17.0 Å². The van der Waals surface area contributed by atoms with Crippen molar-refractivity contribution in [3.63, 3.8) is 0 Å². The highest BCUT2D eigenvalue weighted by Crippen LogP contribution is 2.29. The molecule has 0 unspecified atom stereocenters. The van der Waals surface area contributed by atoms with E-state index in [2.05, 4.69) is 9.97 Å². The monoisotopic (exact) mass is 348 g/mol. The summed E-state index contributed by atoms with van der Waals surface area (Å²) in [6.45, 7) is 0. The number of aromatic amines is 1. The number of aromatic carboxylic acids is 1. The number of aromatic hydroxyl groups is 1. The molecule has 0 aliphatic carbocycles. The molecule has 0 bridgehead atoms. The van der Waals surface area contributed by atoms with Gasteiger partial charge in [-0.1, -0.05) is 42.5 Å². The van der Waals surface area contributed by atoms with Crippen LogP contribution in [0.5, 0.6) is 5.75 Å². The molecule has 0 spiro atoms. The molecule has 0 atom stereocenters. The highest BCUT2D eigenvalue weighted by Gasteiger charge is 2.15. The first-order chi connectivity index (χ1) is 12.5. The molecule has 3 N–H and O–H groups in total. The van der Waals surface area contributed by atoms with Crippen LogP contribution in [0.25, 0.3) is 33.5 Å². The zero-order valence-electron chi connectivity index (χ0n) is 13.4. The van der Waals surface area contributed by atoms with Gasteiger partial charge >= 0.3 is 5.97 Å². The van der Waals surface area contributed by atoms with Gasteiger partial charge in [-0.05, 0) is 17.7 Å². The summed E-state index contributed by atoms with van der Waals surface area (Å²) >= 11 is 0. The average molecular weight is 348 g/mol. The zero-order chi connectivity index (χ0) is 18.3. The first-order valence-electron chi connectivity index (χ1n) is 7.84. The topological polar surface area (TPSA) is 86.2 Å². The number of nitrogens with zero attached hydrogens (tertiary/aromatic N) is 1. The SMILES string of the molecule is O=C(O)c1cc(O)cc2[nH]c(-c3ccc(-c4ccccc4F)cc3)nc12. The molecule has 1 heterocycles. The second-order valence-corrected chi connectivity index (χ2v) is 5.84. The molecule has 26 heavy (non-hydrogen) atoms. The van der Waals surface area contributed by atoms with Crippen LogP contribution in [0, 0.1) is 5.82 Å². The van der Waals surface area contributed by atoms with Crippen molar-refractivity contribution < 1.29 is 19.4 Å². The van der Waals surface area contributed by atoms with Gasteiger partial charge in [0.05, 0.1) is 11.1 Å². The number of carbonyl (C=O) groups is 1. The first kappa shape index (κ1) is 15.8. The molecular formula is C20H13FN2O3. The van der Waals surface area contributed by atoms with Crippen LogP contribution >= 0.6 is 0 Å². The summed E-state index contributed by atoms with van der Waals surface area (Å²) in [6.07, 6.45) is 0. The number of aromatic nitrogens is 2. The van der Waals surface area contributed by atoms with Crippen molar-refractivity contribution in [2.24, 2.45) is 0 Å². The van der Waals surface area contributed by atoms with Gasteiger partial charge in [0.1, 0.15) is 22.9 Å². The summed E-state index contributed by atoms with van der Waals surface area (Å²) in [5, 5.41) is 19.0. The maximum atomic E-state index is 13.9. The van der Waals surface area contributed by atoms with Crippen LogP contribution in [-0.2, 0) is 0 Å². The van der Waals surface area contributed by atoms with Crippen molar-refractivity contribution in [3.05, 3.63) is 72.0 Å². The summed E-state index contributed by atoms with van der Waals surface area (Å²) in [5.41, 5.74) is 2.57. The van der Waals surface area contributed by atoms with Gasteiger partial charge in [0.25, 0.3) is 0 Å². The fraction of sp³-hybridized carbons (Fsp3) is 0. The minimum absolute atomic E-state index is 0.0783. The molecule has 0 fully saturated rings. The lowest BCUT2D eigenvalue weighted by molar-refractivity contribution is 0.0698. The summed E-state index contributed by atoms with van der Waals surface area (Å²) < 4.78 is 13.9. The number of phenolic OH excluding ortho intramolecular Hbond substituents is 1. The number of H-pyrrole nitrogens is 1. The molecule has 5 nitrogen and oxygen atoms in total. The zero-order valence-corrected chi connectivity index (χ0v) is 13.4. The number of fused-ring (bicyclic) bond motifs is 1. The van der Waals surface area contributed by atoms with Crippen LogP contribution in [0.1, 0.15) is 10.4 Å². The van der Waals surface area contributed by atoms with Crippen molar-refractivity contribution in [1.82, 2.24) is 9.97 Å². The Kier molecular flexibility index (Phi) is 3.65. The van der Waals surface area contributed by atoms with Crippen molar-refractivity contribution in [2.45, 2.75) is 0 Å². The Balaban J connectivity index is 1.78. The Labute approximate surface area is 147 Å². The number of imidazole rings is 1. The molecule has 0 saturated carbocycles. The smallest absolute Gasteiger partial charge is 0.338 e. The Bertz CT molecular complexity index is 1130. The molecular weight excluding hydrogens is 335 g/mol. The lowest BCUT2D eigenvalue weighted by Crippen LogP contribution is -1.97. The second-order valence-electron chi connectivity index (χ2n) is 5.84. The van der Waals surface area contributed by atoms with E-state index in [1.807, 2.05) is 0 Å². The number of phenols is 1. The maximum absolute atomic E-state index is 13.9. The van der Waals surface area contributed by atoms with Gasteiger partial charge in [0, 0.05) is 17.2 Å². The average Bonchev–Trinajstić information content (AvgIpc) is 3.05. The summed E-state index contributed by atoms with van der Waals surface area (Å²) in [4.78, 5) is 18.7. The van der Waals surface area contributed by atoms with E-state index < -0.39 is 5.97 Å². The Hall–Kier alpha value is -3.67. The number of halogens is 1. The Morgan fingerprint density at radius 1 is 1.00 bits per heavy atom. The van der Waals surface area contributed by atoms with Gasteiger partial charge in [-0.3, -0.25) is 0 Å². The molecule has 4 aromatic rings. The summed E-state index contributed by atoms with van der Waals surface area (Å²) in [6, 6.07) is 16.2. The molecule has 0 saturated heterocycles. The van der Waals surface area contributed by atoms with E-state index in [9.17, 15) is 19.4 Å². The highest BCUT2D eigenvalue weighted by atomic mass is 19.1. The predicted octanol–water partition coefficient (Wildman–Crippen LogP) is 4.44. The maximum Gasteiger partial charge on any atom is 0.338 e. The number of carboxylic acid groups (broad SMARTS) is 1. The third kappa shape index (κ3) is 2.67. The van der Waals surface area contributed by atoms with Crippen LogP contribution < -0.4 is 0 Å². The molecule has 0 aliphatic heterocycles. The van der Waals surface area contributed by atoms with Crippen molar-refractivity contribution in [2.75, 3.05) is 0 Å². The molecule has 0 amide bonds. The van der Waals surface area contributed by atoms with E-state index >= 15 is 0 Å². The molecule has 1 aromatic heterocycles. The molecule has 4 rings (SSSR count). The van der Waals surface area contributed by atoms with Gasteiger partial charge in [0.15, 0.2) is 0 Å². The van der Waals surface area contributed by atoms with Gasteiger partial charge < -0.3 is 15.2 Å². The van der Waals surface area contributed by atoms with E-state index in [1.54, 1.807) is 42.5 Å². The van der Waals surface area contributed by atoms with E-state index in [0.717, 1.165) is 17.2 Å². The van der Waals surface area contributed by atoms with Crippen LogP contribution in [-0.4, -0.2) is 26.2 Å². The van der Waals surface area contributed by atoms with Crippen LogP contribution in [0.4, 0.5) is 4.39 Å². The second kappa shape index (κ2) is 6.00.